The number of aliphatic hydroxyl groups excluding tert-OH is 1. The molecule has 2 aliphatic heterocycles. The van der Waals surface area contributed by atoms with Gasteiger partial charge >= 0.3 is 7.82 Å². The molecule has 2 saturated heterocycles. The number of phosphoric acid groups is 1. The molecule has 2 unspecified atom stereocenters. The maximum absolute atomic E-state index is 11.5. The van der Waals surface area contributed by atoms with E-state index in [1.54, 1.807) is 0 Å². The Morgan fingerprint density at radius 3 is 3.00 bits per heavy atom. The van der Waals surface area contributed by atoms with E-state index in [0.717, 1.165) is 0 Å². The van der Waals surface area contributed by atoms with E-state index >= 15 is 0 Å². The van der Waals surface area contributed by atoms with Gasteiger partial charge in [0.15, 0.2) is 0 Å². The highest BCUT2D eigenvalue weighted by Crippen LogP contribution is 2.58. The van der Waals surface area contributed by atoms with Crippen molar-refractivity contribution >= 4 is 7.82 Å². The van der Waals surface area contributed by atoms with Crippen LogP contribution in [0.15, 0.2) is 0 Å². The van der Waals surface area contributed by atoms with E-state index in [-0.39, 0.29) is 19.3 Å². The molecule has 0 amide bonds. The van der Waals surface area contributed by atoms with Crippen LogP contribution in [-0.2, 0) is 22.9 Å². The predicted molar refractivity (Wildman–Crippen MR) is 41.2 cm³/mol. The number of aliphatic hydroxyl groups is 1. The topological polar surface area (TPSA) is 74.2 Å². The fraction of sp³-hybridized carbons (Fsp3) is 1.00. The molecule has 1 N–H and O–H groups in total. The predicted octanol–water partition coefficient (Wildman–Crippen LogP) is -0.0840. The van der Waals surface area contributed by atoms with Gasteiger partial charge < -0.3 is 9.84 Å². The molecule has 0 saturated carbocycles. The molecule has 0 aromatic heterocycles. The van der Waals surface area contributed by atoms with Crippen LogP contribution in [0.2, 0.25) is 0 Å². The van der Waals surface area contributed by atoms with Crippen LogP contribution < -0.4 is 0 Å². The van der Waals surface area contributed by atoms with E-state index in [4.69, 9.17) is 18.9 Å². The lowest BCUT2D eigenvalue weighted by atomic mass is 10.2. The Morgan fingerprint density at radius 1 is 1.62 bits per heavy atom. The Hall–Kier alpha value is 0.0300. The molecule has 0 aromatic carbocycles. The lowest BCUT2D eigenvalue weighted by molar-refractivity contribution is 0.00739. The summed E-state index contributed by atoms with van der Waals surface area (Å²) in [4.78, 5) is 0. The van der Waals surface area contributed by atoms with Crippen LogP contribution >= 0.6 is 7.82 Å². The summed E-state index contributed by atoms with van der Waals surface area (Å²) in [6.07, 6.45) is -1.32. The smallest absolute Gasteiger partial charge is 0.394 e. The van der Waals surface area contributed by atoms with Gasteiger partial charge in [-0.25, -0.2) is 4.57 Å². The average Bonchev–Trinajstić information content (AvgIpc) is 2.61. The van der Waals surface area contributed by atoms with Gasteiger partial charge in [0.2, 0.25) is 0 Å². The summed E-state index contributed by atoms with van der Waals surface area (Å²) in [6, 6.07) is 0. The second-order valence-electron chi connectivity index (χ2n) is 2.90. The second kappa shape index (κ2) is 3.31. The molecule has 7 heteroatoms. The third kappa shape index (κ3) is 1.54. The van der Waals surface area contributed by atoms with E-state index in [9.17, 15) is 4.57 Å². The summed E-state index contributed by atoms with van der Waals surface area (Å²) in [5.74, 6) is 0. The highest BCUT2D eigenvalue weighted by Gasteiger charge is 2.52. The molecule has 6 nitrogen and oxygen atoms in total. The molecular formula is C6H11O6P. The van der Waals surface area contributed by atoms with Crippen molar-refractivity contribution in [2.45, 2.75) is 18.3 Å². The van der Waals surface area contributed by atoms with E-state index < -0.39 is 20.0 Å². The molecule has 76 valence electrons. The van der Waals surface area contributed by atoms with E-state index in [2.05, 4.69) is 4.52 Å². The van der Waals surface area contributed by atoms with Crippen molar-refractivity contribution in [2.24, 2.45) is 0 Å². The fourth-order valence-corrected chi connectivity index (χ4v) is 2.76. The number of hydrogen-bond donors (Lipinski definition) is 1. The lowest BCUT2D eigenvalue weighted by Crippen LogP contribution is -2.29. The molecule has 2 heterocycles. The van der Waals surface area contributed by atoms with Crippen molar-refractivity contribution in [1.82, 2.24) is 0 Å². The Balaban J connectivity index is 2.09. The number of rotatable bonds is 2. The highest BCUT2D eigenvalue weighted by molar-refractivity contribution is 7.48. The summed E-state index contributed by atoms with van der Waals surface area (Å²) >= 11 is 0. The lowest BCUT2D eigenvalue weighted by Gasteiger charge is -2.13. The molecule has 0 aliphatic carbocycles. The van der Waals surface area contributed by atoms with Crippen LogP contribution in [0.3, 0.4) is 0 Å². The van der Waals surface area contributed by atoms with E-state index in [1.807, 2.05) is 0 Å². The van der Waals surface area contributed by atoms with Gasteiger partial charge in [-0.3, -0.25) is 13.6 Å². The van der Waals surface area contributed by atoms with E-state index in [0.29, 0.717) is 0 Å². The first-order chi connectivity index (χ1) is 6.18. The Labute approximate surface area is 75.4 Å². The minimum atomic E-state index is -3.37. The van der Waals surface area contributed by atoms with Crippen LogP contribution in [0, 0.1) is 0 Å². The van der Waals surface area contributed by atoms with Crippen LogP contribution in [0.4, 0.5) is 0 Å². The Bertz CT molecular complexity index is 243. The Kier molecular flexibility index (Phi) is 2.44. The van der Waals surface area contributed by atoms with Gasteiger partial charge in [-0.15, -0.1) is 0 Å². The first-order valence-corrected chi connectivity index (χ1v) is 5.39. The molecule has 4 atom stereocenters. The van der Waals surface area contributed by atoms with Gasteiger partial charge in [-0.2, -0.15) is 0 Å². The van der Waals surface area contributed by atoms with Crippen molar-refractivity contribution in [3.05, 3.63) is 0 Å². The van der Waals surface area contributed by atoms with E-state index in [1.165, 1.54) is 7.11 Å². The van der Waals surface area contributed by atoms with Gasteiger partial charge in [-0.05, 0) is 0 Å². The number of ether oxygens (including phenoxy) is 1. The molecule has 2 rings (SSSR count). The number of phosphoric ester groups is 1. The summed E-state index contributed by atoms with van der Waals surface area (Å²) in [5.41, 5.74) is 0. The maximum atomic E-state index is 11.5. The van der Waals surface area contributed by atoms with Gasteiger partial charge in [0.1, 0.15) is 18.3 Å². The zero-order valence-corrected chi connectivity index (χ0v) is 7.98. The van der Waals surface area contributed by atoms with Crippen LogP contribution in [0.5, 0.6) is 0 Å². The molecule has 0 radical (unpaired) electrons. The van der Waals surface area contributed by atoms with Crippen LogP contribution in [-0.4, -0.2) is 43.7 Å². The third-order valence-corrected chi connectivity index (χ3v) is 3.60. The first-order valence-electron chi connectivity index (χ1n) is 3.93. The SMILES string of the molecule is COP1(=O)OC2[C@@H](CO)OC[C@H]2O1. The van der Waals surface area contributed by atoms with Gasteiger partial charge in [0.25, 0.3) is 0 Å². The van der Waals surface area contributed by atoms with Gasteiger partial charge in [0, 0.05) is 7.11 Å². The molecule has 0 aromatic rings. The zero-order chi connectivity index (χ0) is 9.47. The van der Waals surface area contributed by atoms with Crippen LogP contribution in [0.1, 0.15) is 0 Å². The summed E-state index contributed by atoms with van der Waals surface area (Å²) < 4.78 is 31.3. The summed E-state index contributed by atoms with van der Waals surface area (Å²) in [7, 11) is -2.11. The largest absolute Gasteiger partial charge is 0.475 e. The van der Waals surface area contributed by atoms with Crippen LogP contribution in [0.25, 0.3) is 0 Å². The second-order valence-corrected chi connectivity index (χ2v) is 4.58. The number of hydrogen-bond acceptors (Lipinski definition) is 6. The van der Waals surface area contributed by atoms with Crippen molar-refractivity contribution in [2.75, 3.05) is 20.3 Å². The van der Waals surface area contributed by atoms with Crippen molar-refractivity contribution in [3.8, 4) is 0 Å². The first kappa shape index (κ1) is 9.58. The normalized spacial score (nSPS) is 49.5. The number of fused-ring (bicyclic) bond motifs is 1. The summed E-state index contributed by atoms with van der Waals surface area (Å²) in [5, 5.41) is 8.86. The monoisotopic (exact) mass is 210 g/mol. The van der Waals surface area contributed by atoms with Crippen molar-refractivity contribution in [1.29, 1.82) is 0 Å². The average molecular weight is 210 g/mol. The van der Waals surface area contributed by atoms with Gasteiger partial charge in [0.05, 0.1) is 13.2 Å². The maximum Gasteiger partial charge on any atom is 0.475 e. The molecule has 0 bridgehead atoms. The highest BCUT2D eigenvalue weighted by atomic mass is 31.2. The fourth-order valence-electron chi connectivity index (χ4n) is 1.46. The Morgan fingerprint density at radius 2 is 2.38 bits per heavy atom. The zero-order valence-electron chi connectivity index (χ0n) is 7.08. The quantitative estimate of drug-likeness (QED) is 0.642. The molecule has 2 fully saturated rings. The molecule has 2 aliphatic rings. The summed E-state index contributed by atoms with van der Waals surface area (Å²) in [6.45, 7) is 0.109. The third-order valence-electron chi connectivity index (χ3n) is 2.13. The van der Waals surface area contributed by atoms with Crippen molar-refractivity contribution in [3.63, 3.8) is 0 Å². The van der Waals surface area contributed by atoms with Gasteiger partial charge in [-0.1, -0.05) is 0 Å². The van der Waals surface area contributed by atoms with Crippen molar-refractivity contribution < 1.29 is 28.0 Å². The minimum Gasteiger partial charge on any atom is -0.394 e. The molecule has 13 heavy (non-hydrogen) atoms. The standard InChI is InChI=1S/C6H11O6P/c1-9-13(8)11-5-3-10-4(2-7)6(5)12-13/h4-7H,2-3H2,1H3/t4-,5-,6?,13?/m1/s1. The molecular weight excluding hydrogens is 199 g/mol. The molecule has 0 spiro atoms. The minimum absolute atomic E-state index is 0.172.